The van der Waals surface area contributed by atoms with E-state index < -0.39 is 0 Å². The van der Waals surface area contributed by atoms with Gasteiger partial charge in [-0.05, 0) is 18.4 Å². The van der Waals surface area contributed by atoms with Gasteiger partial charge in [-0.2, -0.15) is 9.97 Å². The van der Waals surface area contributed by atoms with Crippen LogP contribution in [0.4, 0.5) is 11.9 Å². The fourth-order valence-electron chi connectivity index (χ4n) is 3.83. The summed E-state index contributed by atoms with van der Waals surface area (Å²) >= 11 is 5.77. The number of imidazole rings is 1. The Morgan fingerprint density at radius 2 is 2.10 bits per heavy atom. The monoisotopic (exact) mass is 427 g/mol. The number of benzene rings is 1. The van der Waals surface area contributed by atoms with Crippen molar-refractivity contribution in [3.05, 3.63) is 57.9 Å². The minimum atomic E-state index is -0.154. The van der Waals surface area contributed by atoms with Gasteiger partial charge >= 0.3 is 0 Å². The van der Waals surface area contributed by atoms with Crippen LogP contribution in [0, 0.1) is 0 Å². The molecule has 4 rings (SSSR count). The van der Waals surface area contributed by atoms with Crippen molar-refractivity contribution < 1.29 is 0 Å². The second-order valence-corrected chi connectivity index (χ2v) is 7.80. The van der Waals surface area contributed by atoms with E-state index in [2.05, 4.69) is 15.2 Å². The average molecular weight is 428 g/mol. The average Bonchev–Trinajstić information content (AvgIpc) is 3.13. The maximum atomic E-state index is 13.2. The molecule has 0 saturated carbocycles. The van der Waals surface area contributed by atoms with Gasteiger partial charge in [-0.25, -0.2) is 0 Å². The molecule has 3 heterocycles. The van der Waals surface area contributed by atoms with Crippen molar-refractivity contribution in [1.82, 2.24) is 19.1 Å². The van der Waals surface area contributed by atoms with E-state index in [9.17, 15) is 4.79 Å². The molecule has 1 unspecified atom stereocenters. The van der Waals surface area contributed by atoms with E-state index in [1.165, 1.54) is 10.1 Å². The Morgan fingerprint density at radius 3 is 2.83 bits per heavy atom. The Balaban J connectivity index is 1.75. The molecule has 0 spiro atoms. The Bertz CT molecular complexity index is 1110. The summed E-state index contributed by atoms with van der Waals surface area (Å²) in [5, 5.41) is 3.25. The summed E-state index contributed by atoms with van der Waals surface area (Å²) in [4.78, 5) is 24.8. The number of rotatable bonds is 6. The minimum absolute atomic E-state index is 0.0921. The quantitative estimate of drug-likeness (QED) is 0.627. The molecule has 1 aromatic carbocycles. The predicted molar refractivity (Wildman–Crippen MR) is 121 cm³/mol. The summed E-state index contributed by atoms with van der Waals surface area (Å²) in [6.45, 7) is 2.55. The number of hydrogen-bond donors (Lipinski definition) is 2. The molecule has 1 atom stereocenters. The molecule has 30 heavy (non-hydrogen) atoms. The second-order valence-electron chi connectivity index (χ2n) is 7.54. The zero-order chi connectivity index (χ0) is 21.1. The highest BCUT2D eigenvalue weighted by atomic mass is 35.5. The third kappa shape index (κ3) is 4.06. The normalized spacial score (nSPS) is 17.2. The van der Waals surface area contributed by atoms with E-state index in [0.29, 0.717) is 42.7 Å². The number of allylic oxidation sites excluding steroid dienone is 1. The number of nitrogens with one attached hydrogen (secondary N) is 1. The van der Waals surface area contributed by atoms with Gasteiger partial charge in [-0.15, -0.1) is 0 Å². The lowest BCUT2D eigenvalue weighted by atomic mass is 10.1. The van der Waals surface area contributed by atoms with Gasteiger partial charge in [0.2, 0.25) is 11.9 Å². The third-order valence-electron chi connectivity index (χ3n) is 5.38. The number of hydrogen-bond acceptors (Lipinski definition) is 6. The topological polar surface area (TPSA) is 94.0 Å². The molecule has 0 amide bonds. The van der Waals surface area contributed by atoms with Gasteiger partial charge in [0.05, 0.1) is 0 Å². The van der Waals surface area contributed by atoms with Crippen molar-refractivity contribution in [2.75, 3.05) is 23.3 Å². The molecule has 0 aliphatic carbocycles. The van der Waals surface area contributed by atoms with Gasteiger partial charge in [-0.1, -0.05) is 48.0 Å². The van der Waals surface area contributed by atoms with Crippen molar-refractivity contribution in [3.63, 3.8) is 0 Å². The van der Waals surface area contributed by atoms with Gasteiger partial charge in [-0.3, -0.25) is 9.36 Å². The summed E-state index contributed by atoms with van der Waals surface area (Å²) in [5.41, 5.74) is 9.46. The molecule has 3 aromatic rings. The van der Waals surface area contributed by atoms with Crippen LogP contribution in [0.3, 0.4) is 0 Å². The molecule has 1 aliphatic heterocycles. The number of nitrogens with zero attached hydrogens (tertiary/aromatic N) is 5. The molecule has 158 valence electrons. The lowest BCUT2D eigenvalue weighted by molar-refractivity contribution is 0.495. The smallest absolute Gasteiger partial charge is 0.281 e. The van der Waals surface area contributed by atoms with Crippen LogP contribution in [0.25, 0.3) is 11.2 Å². The molecule has 2 aromatic heterocycles. The number of anilines is 2. The number of aromatic nitrogens is 4. The first-order chi connectivity index (χ1) is 14.6. The van der Waals surface area contributed by atoms with E-state index in [4.69, 9.17) is 22.3 Å². The SMILES string of the molecule is Cn1c(NCc2ccccc2)nc2nc(N3CCCC(N)C3)n(C/C=C/Cl)c2c1=O. The molecule has 1 saturated heterocycles. The molecule has 8 nitrogen and oxygen atoms in total. The molecule has 0 bridgehead atoms. The first-order valence-corrected chi connectivity index (χ1v) is 10.5. The van der Waals surface area contributed by atoms with Crippen molar-refractivity contribution in [2.45, 2.75) is 32.0 Å². The zero-order valence-electron chi connectivity index (χ0n) is 17.0. The largest absolute Gasteiger partial charge is 0.351 e. The molecular weight excluding hydrogens is 402 g/mol. The van der Waals surface area contributed by atoms with Crippen molar-refractivity contribution >= 4 is 34.7 Å². The highest BCUT2D eigenvalue weighted by molar-refractivity contribution is 6.25. The van der Waals surface area contributed by atoms with E-state index in [1.54, 1.807) is 13.1 Å². The van der Waals surface area contributed by atoms with E-state index in [1.807, 2.05) is 34.9 Å². The Hall–Kier alpha value is -2.84. The fourth-order valence-corrected chi connectivity index (χ4v) is 3.91. The van der Waals surface area contributed by atoms with Gasteiger partial charge < -0.3 is 20.5 Å². The van der Waals surface area contributed by atoms with Crippen LogP contribution in [0.2, 0.25) is 0 Å². The number of halogens is 1. The van der Waals surface area contributed by atoms with Crippen molar-refractivity contribution in [3.8, 4) is 0 Å². The van der Waals surface area contributed by atoms with Crippen LogP contribution in [0.1, 0.15) is 18.4 Å². The molecule has 1 aliphatic rings. The molecular formula is C21H26ClN7O. The summed E-state index contributed by atoms with van der Waals surface area (Å²) < 4.78 is 3.40. The third-order valence-corrected chi connectivity index (χ3v) is 5.56. The molecule has 1 fully saturated rings. The summed E-state index contributed by atoms with van der Waals surface area (Å²) in [6.07, 6.45) is 3.77. The second kappa shape index (κ2) is 8.89. The maximum absolute atomic E-state index is 13.2. The maximum Gasteiger partial charge on any atom is 0.281 e. The zero-order valence-corrected chi connectivity index (χ0v) is 17.7. The Labute approximate surface area is 180 Å². The van der Waals surface area contributed by atoms with Crippen molar-refractivity contribution in [2.24, 2.45) is 12.8 Å². The van der Waals surface area contributed by atoms with Crippen LogP contribution in [0.5, 0.6) is 0 Å². The number of fused-ring (bicyclic) bond motifs is 1. The van der Waals surface area contributed by atoms with E-state index >= 15 is 0 Å². The Morgan fingerprint density at radius 1 is 1.30 bits per heavy atom. The van der Waals surface area contributed by atoms with Crippen LogP contribution in [-0.4, -0.2) is 38.2 Å². The predicted octanol–water partition coefficient (Wildman–Crippen LogP) is 2.42. The lowest BCUT2D eigenvalue weighted by Gasteiger charge is -2.31. The fraction of sp³-hybridized carbons (Fsp3) is 0.381. The molecule has 9 heteroatoms. The van der Waals surface area contributed by atoms with E-state index in [-0.39, 0.29) is 11.6 Å². The summed E-state index contributed by atoms with van der Waals surface area (Å²) in [6, 6.07) is 10.1. The van der Waals surface area contributed by atoms with Crippen molar-refractivity contribution in [1.29, 1.82) is 0 Å². The summed E-state index contributed by atoms with van der Waals surface area (Å²) in [7, 11) is 1.72. The minimum Gasteiger partial charge on any atom is -0.351 e. The van der Waals surface area contributed by atoms with Gasteiger partial charge in [0.1, 0.15) is 0 Å². The van der Waals surface area contributed by atoms with Crippen LogP contribution >= 0.6 is 11.6 Å². The van der Waals surface area contributed by atoms with Crippen LogP contribution in [0.15, 0.2) is 46.7 Å². The number of nitrogens with two attached hydrogens (primary N) is 1. The van der Waals surface area contributed by atoms with Crippen LogP contribution < -0.4 is 21.5 Å². The van der Waals surface area contributed by atoms with E-state index in [0.717, 1.165) is 24.9 Å². The first-order valence-electron chi connectivity index (χ1n) is 10.1. The number of piperidine rings is 1. The standard InChI is InChI=1S/C21H26ClN7O/c1-27-19(30)17-18(25-20(27)24-13-15-7-3-2-4-8-15)26-21(29(17)12-6-10-22)28-11-5-9-16(23)14-28/h2-4,6-8,10,16H,5,9,11-14,23H2,1H3,(H,24,25)/b10-6+. The summed E-state index contributed by atoms with van der Waals surface area (Å²) in [5.74, 6) is 1.19. The first kappa shape index (κ1) is 20.4. The molecule has 0 radical (unpaired) electrons. The highest BCUT2D eigenvalue weighted by Crippen LogP contribution is 2.23. The van der Waals surface area contributed by atoms with Gasteiger partial charge in [0.15, 0.2) is 11.2 Å². The Kier molecular flexibility index (Phi) is 6.06. The van der Waals surface area contributed by atoms with Gasteiger partial charge in [0, 0.05) is 44.8 Å². The van der Waals surface area contributed by atoms with Gasteiger partial charge in [0.25, 0.3) is 5.56 Å². The highest BCUT2D eigenvalue weighted by Gasteiger charge is 2.25. The lowest BCUT2D eigenvalue weighted by Crippen LogP contribution is -2.44. The van der Waals surface area contributed by atoms with Crippen LogP contribution in [-0.2, 0) is 20.1 Å². The molecule has 3 N–H and O–H groups in total.